The van der Waals surface area contributed by atoms with Crippen LogP contribution in [0.25, 0.3) is 11.4 Å². The molecule has 8 heteroatoms. The number of guanidine groups is 1. The summed E-state index contributed by atoms with van der Waals surface area (Å²) < 4.78 is 10.9. The Morgan fingerprint density at radius 2 is 1.93 bits per heavy atom. The molecule has 2 aromatic carbocycles. The van der Waals surface area contributed by atoms with Gasteiger partial charge in [-0.2, -0.15) is 4.98 Å². The Balaban J connectivity index is 1.39. The summed E-state index contributed by atoms with van der Waals surface area (Å²) >= 11 is 6.00. The number of nitrogens with zero attached hydrogens (tertiary/aromatic N) is 3. The number of hydrogen-bond acceptors (Lipinski definition) is 5. The number of benzene rings is 2. The zero-order valence-corrected chi connectivity index (χ0v) is 16.3. The average Bonchev–Trinajstić information content (AvgIpc) is 3.19. The first kappa shape index (κ1) is 19.7. The van der Waals surface area contributed by atoms with Gasteiger partial charge in [0, 0.05) is 30.6 Å². The lowest BCUT2D eigenvalue weighted by atomic mass is 10.2. The van der Waals surface area contributed by atoms with E-state index in [1.165, 1.54) is 0 Å². The van der Waals surface area contributed by atoms with Crippen molar-refractivity contribution in [2.45, 2.75) is 6.42 Å². The van der Waals surface area contributed by atoms with Gasteiger partial charge in [-0.3, -0.25) is 4.99 Å². The van der Waals surface area contributed by atoms with Crippen LogP contribution in [0, 0.1) is 0 Å². The summed E-state index contributed by atoms with van der Waals surface area (Å²) in [5.41, 5.74) is 0.825. The van der Waals surface area contributed by atoms with Crippen LogP contribution in [0.5, 0.6) is 5.75 Å². The highest BCUT2D eigenvalue weighted by atomic mass is 35.5. The number of hydrogen-bond donors (Lipinski definition) is 2. The van der Waals surface area contributed by atoms with Crippen LogP contribution in [-0.4, -0.2) is 42.8 Å². The summed E-state index contributed by atoms with van der Waals surface area (Å²) in [6.45, 7) is 1.78. The maximum Gasteiger partial charge on any atom is 0.228 e. The highest BCUT2D eigenvalue weighted by molar-refractivity contribution is 6.30. The van der Waals surface area contributed by atoms with Crippen LogP contribution in [0.1, 0.15) is 5.89 Å². The van der Waals surface area contributed by atoms with Crippen LogP contribution in [0.3, 0.4) is 0 Å². The number of para-hydroxylation sites is 1. The zero-order chi connectivity index (χ0) is 19.6. The average molecular weight is 400 g/mol. The molecule has 1 heterocycles. The summed E-state index contributed by atoms with van der Waals surface area (Å²) in [6.07, 6.45) is 0.578. The van der Waals surface area contributed by atoms with E-state index in [1.54, 1.807) is 19.2 Å². The molecular formula is C20H22ClN5O2. The van der Waals surface area contributed by atoms with E-state index >= 15 is 0 Å². The van der Waals surface area contributed by atoms with Gasteiger partial charge in [-0.15, -0.1) is 0 Å². The molecule has 1 aromatic heterocycles. The van der Waals surface area contributed by atoms with E-state index in [-0.39, 0.29) is 0 Å². The highest BCUT2D eigenvalue weighted by Crippen LogP contribution is 2.19. The minimum Gasteiger partial charge on any atom is -0.492 e. The van der Waals surface area contributed by atoms with Crippen molar-refractivity contribution in [3.05, 3.63) is 65.5 Å². The lowest BCUT2D eigenvalue weighted by Crippen LogP contribution is -2.40. The largest absolute Gasteiger partial charge is 0.492 e. The van der Waals surface area contributed by atoms with Gasteiger partial charge in [-0.25, -0.2) is 0 Å². The van der Waals surface area contributed by atoms with E-state index in [4.69, 9.17) is 20.9 Å². The van der Waals surface area contributed by atoms with Gasteiger partial charge in [0.25, 0.3) is 0 Å². The Kier molecular flexibility index (Phi) is 7.26. The monoisotopic (exact) mass is 399 g/mol. The molecule has 3 rings (SSSR count). The molecule has 0 saturated heterocycles. The van der Waals surface area contributed by atoms with Gasteiger partial charge in [0.15, 0.2) is 5.96 Å². The van der Waals surface area contributed by atoms with Crippen LogP contribution in [-0.2, 0) is 6.42 Å². The molecule has 0 amide bonds. The van der Waals surface area contributed by atoms with Crippen molar-refractivity contribution in [2.75, 3.05) is 26.7 Å². The van der Waals surface area contributed by atoms with Gasteiger partial charge in [-0.05, 0) is 24.3 Å². The molecule has 0 radical (unpaired) electrons. The van der Waals surface area contributed by atoms with Gasteiger partial charge in [0.05, 0.1) is 6.54 Å². The summed E-state index contributed by atoms with van der Waals surface area (Å²) in [7, 11) is 1.72. The summed E-state index contributed by atoms with van der Waals surface area (Å²) in [6, 6.07) is 17.0. The molecule has 146 valence electrons. The third-order valence-electron chi connectivity index (χ3n) is 3.81. The number of rotatable bonds is 8. The van der Waals surface area contributed by atoms with Gasteiger partial charge in [-0.1, -0.05) is 47.1 Å². The Morgan fingerprint density at radius 3 is 2.71 bits per heavy atom. The third kappa shape index (κ3) is 5.99. The summed E-state index contributed by atoms with van der Waals surface area (Å²) in [5, 5.41) is 11.0. The molecular weight excluding hydrogens is 378 g/mol. The molecule has 28 heavy (non-hydrogen) atoms. The van der Waals surface area contributed by atoms with Crippen molar-refractivity contribution in [3.63, 3.8) is 0 Å². The molecule has 0 bridgehead atoms. The molecule has 0 unspecified atom stereocenters. The Hall–Kier alpha value is -3.06. The molecule has 7 nitrogen and oxygen atoms in total. The molecule has 0 aliphatic carbocycles. The lowest BCUT2D eigenvalue weighted by Gasteiger charge is -2.11. The normalized spacial score (nSPS) is 11.3. The number of aromatic nitrogens is 2. The van der Waals surface area contributed by atoms with Crippen LogP contribution < -0.4 is 15.4 Å². The highest BCUT2D eigenvalue weighted by Gasteiger charge is 2.09. The topological polar surface area (TPSA) is 84.6 Å². The minimum atomic E-state index is 0.526. The predicted molar refractivity (Wildman–Crippen MR) is 110 cm³/mol. The van der Waals surface area contributed by atoms with Crippen molar-refractivity contribution >= 4 is 17.6 Å². The van der Waals surface area contributed by atoms with Crippen molar-refractivity contribution in [1.82, 2.24) is 20.8 Å². The van der Waals surface area contributed by atoms with Gasteiger partial charge >= 0.3 is 0 Å². The van der Waals surface area contributed by atoms with Crippen molar-refractivity contribution in [1.29, 1.82) is 0 Å². The van der Waals surface area contributed by atoms with E-state index in [9.17, 15) is 0 Å². The zero-order valence-electron chi connectivity index (χ0n) is 15.6. The molecule has 3 aromatic rings. The minimum absolute atomic E-state index is 0.526. The molecule has 0 fully saturated rings. The number of nitrogens with one attached hydrogen (secondary N) is 2. The Morgan fingerprint density at radius 1 is 1.11 bits per heavy atom. The molecule has 0 saturated carbocycles. The first-order chi connectivity index (χ1) is 13.7. The number of aliphatic imine (C=N–C) groups is 1. The maximum atomic E-state index is 6.00. The fourth-order valence-corrected chi connectivity index (χ4v) is 2.66. The SMILES string of the molecule is CN=C(NCCOc1ccccc1)NCCc1nc(-c2cccc(Cl)c2)no1. The fourth-order valence-electron chi connectivity index (χ4n) is 2.46. The van der Waals surface area contributed by atoms with Crippen LogP contribution in [0.2, 0.25) is 5.02 Å². The van der Waals surface area contributed by atoms with E-state index in [0.29, 0.717) is 48.8 Å². The second kappa shape index (κ2) is 10.3. The van der Waals surface area contributed by atoms with Gasteiger partial charge in [0.2, 0.25) is 11.7 Å². The van der Waals surface area contributed by atoms with Crippen molar-refractivity contribution in [3.8, 4) is 17.1 Å². The lowest BCUT2D eigenvalue weighted by molar-refractivity contribution is 0.322. The van der Waals surface area contributed by atoms with E-state index in [2.05, 4.69) is 25.8 Å². The van der Waals surface area contributed by atoms with Crippen LogP contribution >= 0.6 is 11.6 Å². The van der Waals surface area contributed by atoms with E-state index in [1.807, 2.05) is 42.5 Å². The third-order valence-corrected chi connectivity index (χ3v) is 4.05. The van der Waals surface area contributed by atoms with Crippen molar-refractivity contribution < 1.29 is 9.26 Å². The Labute approximate surface area is 168 Å². The van der Waals surface area contributed by atoms with Crippen LogP contribution in [0.15, 0.2) is 64.1 Å². The van der Waals surface area contributed by atoms with Crippen LogP contribution in [0.4, 0.5) is 0 Å². The second-order valence-electron chi connectivity index (χ2n) is 5.86. The first-order valence-electron chi connectivity index (χ1n) is 8.95. The van der Waals surface area contributed by atoms with E-state index in [0.717, 1.165) is 11.3 Å². The smallest absolute Gasteiger partial charge is 0.228 e. The summed E-state index contributed by atoms with van der Waals surface area (Å²) in [4.78, 5) is 8.58. The fraction of sp³-hybridized carbons (Fsp3) is 0.250. The molecule has 0 atom stereocenters. The molecule has 2 N–H and O–H groups in total. The standard InChI is InChI=1S/C20H22ClN5O2/c1-22-20(24-12-13-27-17-8-3-2-4-9-17)23-11-10-18-25-19(26-28-18)15-6-5-7-16(21)14-15/h2-9,14H,10-13H2,1H3,(H2,22,23,24). The summed E-state index contributed by atoms with van der Waals surface area (Å²) in [5.74, 6) is 2.61. The van der Waals surface area contributed by atoms with Gasteiger partial charge in [0.1, 0.15) is 12.4 Å². The molecule has 0 aliphatic rings. The second-order valence-corrected chi connectivity index (χ2v) is 6.30. The quantitative estimate of drug-likeness (QED) is 0.344. The number of halogens is 1. The van der Waals surface area contributed by atoms with Gasteiger partial charge < -0.3 is 19.9 Å². The Bertz CT molecular complexity index is 898. The molecule has 0 aliphatic heterocycles. The van der Waals surface area contributed by atoms with Crippen molar-refractivity contribution in [2.24, 2.45) is 4.99 Å². The first-order valence-corrected chi connectivity index (χ1v) is 9.33. The van der Waals surface area contributed by atoms with E-state index < -0.39 is 0 Å². The predicted octanol–water partition coefficient (Wildman–Crippen LogP) is 3.18. The molecule has 0 spiro atoms. The number of ether oxygens (including phenoxy) is 1. The maximum absolute atomic E-state index is 6.00.